The summed E-state index contributed by atoms with van der Waals surface area (Å²) in [7, 11) is -2.24. The largest absolute Gasteiger partial charge is 0.495 e. The Hall–Kier alpha value is -2.16. The van der Waals surface area contributed by atoms with Gasteiger partial charge in [0.1, 0.15) is 24.7 Å². The maximum Gasteiger partial charge on any atom is 0.240 e. The van der Waals surface area contributed by atoms with E-state index >= 15 is 0 Å². The van der Waals surface area contributed by atoms with Gasteiger partial charge in [-0.2, -0.15) is 0 Å². The number of ether oxygens (including phenoxy) is 2. The molecule has 28 heavy (non-hydrogen) atoms. The van der Waals surface area contributed by atoms with Crippen molar-refractivity contribution in [1.29, 1.82) is 0 Å². The van der Waals surface area contributed by atoms with Crippen molar-refractivity contribution in [2.75, 3.05) is 37.4 Å². The third kappa shape index (κ3) is 6.47. The van der Waals surface area contributed by atoms with Gasteiger partial charge in [0.2, 0.25) is 15.9 Å². The normalized spacial score (nSPS) is 11.0. The predicted octanol–water partition coefficient (Wildman–Crippen LogP) is 2.96. The number of nitrogens with zero attached hydrogens (tertiary/aromatic N) is 1. The first-order valence-corrected chi connectivity index (χ1v) is 10.8. The van der Waals surface area contributed by atoms with Gasteiger partial charge in [-0.1, -0.05) is 23.2 Å². The van der Waals surface area contributed by atoms with Crippen molar-refractivity contribution in [3.63, 3.8) is 0 Å². The molecular weight excluding hydrogens is 427 g/mol. The van der Waals surface area contributed by atoms with Crippen LogP contribution in [-0.2, 0) is 14.8 Å². The number of carbonyl (C=O) groups is 1. The second-order valence-corrected chi connectivity index (χ2v) is 8.49. The summed E-state index contributed by atoms with van der Waals surface area (Å²) < 4.78 is 35.7. The SMILES string of the molecule is COc1ccc(N(CC(=O)NCCOc2ccc(Cl)cc2)S(C)(=O)=O)cc1Cl. The van der Waals surface area contributed by atoms with Gasteiger partial charge in [-0.25, -0.2) is 8.42 Å². The standard InChI is InChI=1S/C18H20Cl2N2O5S/c1-26-17-8-5-14(11-16(17)20)22(28(2,24)25)12-18(23)21-9-10-27-15-6-3-13(19)4-7-15/h3-8,11H,9-10,12H2,1-2H3,(H,21,23). The van der Waals surface area contributed by atoms with Gasteiger partial charge >= 0.3 is 0 Å². The van der Waals surface area contributed by atoms with Crippen molar-refractivity contribution < 1.29 is 22.7 Å². The Labute approximate surface area is 174 Å². The lowest BCUT2D eigenvalue weighted by Crippen LogP contribution is -2.41. The molecule has 1 N–H and O–H groups in total. The lowest BCUT2D eigenvalue weighted by Gasteiger charge is -2.22. The van der Waals surface area contributed by atoms with Crippen molar-refractivity contribution in [3.05, 3.63) is 52.5 Å². The van der Waals surface area contributed by atoms with Gasteiger partial charge < -0.3 is 14.8 Å². The predicted molar refractivity (Wildman–Crippen MR) is 110 cm³/mol. The molecule has 0 saturated carbocycles. The van der Waals surface area contributed by atoms with E-state index in [0.29, 0.717) is 16.5 Å². The van der Waals surface area contributed by atoms with E-state index < -0.39 is 15.9 Å². The summed E-state index contributed by atoms with van der Waals surface area (Å²) in [5.74, 6) is 0.545. The van der Waals surface area contributed by atoms with E-state index in [9.17, 15) is 13.2 Å². The van der Waals surface area contributed by atoms with Crippen LogP contribution in [0, 0.1) is 0 Å². The van der Waals surface area contributed by atoms with Crippen molar-refractivity contribution in [2.24, 2.45) is 0 Å². The second kappa shape index (κ2) is 9.86. The molecule has 2 rings (SSSR count). The van der Waals surface area contributed by atoms with E-state index in [1.54, 1.807) is 24.3 Å². The Balaban J connectivity index is 1.94. The number of amides is 1. The van der Waals surface area contributed by atoms with E-state index in [1.165, 1.54) is 25.3 Å². The van der Waals surface area contributed by atoms with Crippen molar-refractivity contribution in [1.82, 2.24) is 5.32 Å². The molecule has 0 unspecified atom stereocenters. The average molecular weight is 447 g/mol. The minimum Gasteiger partial charge on any atom is -0.495 e. The number of methoxy groups -OCH3 is 1. The molecule has 0 fully saturated rings. The smallest absolute Gasteiger partial charge is 0.240 e. The van der Waals surface area contributed by atoms with Gasteiger partial charge in [-0.3, -0.25) is 9.10 Å². The van der Waals surface area contributed by atoms with Crippen LogP contribution < -0.4 is 19.1 Å². The van der Waals surface area contributed by atoms with Crippen LogP contribution in [0.15, 0.2) is 42.5 Å². The van der Waals surface area contributed by atoms with Crippen LogP contribution in [-0.4, -0.2) is 47.4 Å². The molecule has 0 atom stereocenters. The van der Waals surface area contributed by atoms with Crippen LogP contribution in [0.25, 0.3) is 0 Å². The summed E-state index contributed by atoms with van der Waals surface area (Å²) >= 11 is 11.9. The zero-order valence-electron chi connectivity index (χ0n) is 15.3. The maximum atomic E-state index is 12.2. The summed E-state index contributed by atoms with van der Waals surface area (Å²) in [5, 5.41) is 3.46. The molecule has 0 saturated heterocycles. The van der Waals surface area contributed by atoms with Gasteiger partial charge in [0, 0.05) is 5.02 Å². The fourth-order valence-electron chi connectivity index (χ4n) is 2.29. The molecule has 2 aromatic rings. The highest BCUT2D eigenvalue weighted by Crippen LogP contribution is 2.30. The Morgan fingerprint density at radius 2 is 1.82 bits per heavy atom. The zero-order valence-corrected chi connectivity index (χ0v) is 17.6. The Kier molecular flexibility index (Phi) is 7.79. The summed E-state index contributed by atoms with van der Waals surface area (Å²) in [5.41, 5.74) is 0.265. The number of anilines is 1. The van der Waals surface area contributed by atoms with E-state index in [2.05, 4.69) is 5.32 Å². The van der Waals surface area contributed by atoms with E-state index in [1.807, 2.05) is 0 Å². The number of benzene rings is 2. The highest BCUT2D eigenvalue weighted by atomic mass is 35.5. The van der Waals surface area contributed by atoms with Crippen LogP contribution >= 0.6 is 23.2 Å². The molecule has 0 aliphatic carbocycles. The molecule has 1 amide bonds. The van der Waals surface area contributed by atoms with Crippen LogP contribution in [0.4, 0.5) is 5.69 Å². The highest BCUT2D eigenvalue weighted by molar-refractivity contribution is 7.92. The number of sulfonamides is 1. The number of rotatable bonds is 9. The van der Waals surface area contributed by atoms with Crippen LogP contribution in [0.3, 0.4) is 0 Å². The second-order valence-electron chi connectivity index (χ2n) is 5.74. The fourth-order valence-corrected chi connectivity index (χ4v) is 3.51. The molecule has 0 heterocycles. The third-order valence-electron chi connectivity index (χ3n) is 3.62. The van der Waals surface area contributed by atoms with Crippen molar-refractivity contribution >= 4 is 44.8 Å². The molecule has 152 valence electrons. The highest BCUT2D eigenvalue weighted by Gasteiger charge is 2.21. The average Bonchev–Trinajstić information content (AvgIpc) is 2.64. The summed E-state index contributed by atoms with van der Waals surface area (Å²) in [6, 6.07) is 11.3. The van der Waals surface area contributed by atoms with Gasteiger partial charge in [-0.15, -0.1) is 0 Å². The Morgan fingerprint density at radius 3 is 2.39 bits per heavy atom. The fraction of sp³-hybridized carbons (Fsp3) is 0.278. The molecule has 0 aliphatic heterocycles. The van der Waals surface area contributed by atoms with Gasteiger partial charge in [0.05, 0.1) is 30.6 Å². The molecule has 0 radical (unpaired) electrons. The van der Waals surface area contributed by atoms with E-state index in [0.717, 1.165) is 10.6 Å². The van der Waals surface area contributed by atoms with Crippen LogP contribution in [0.2, 0.25) is 10.0 Å². The summed E-state index contributed by atoms with van der Waals surface area (Å²) in [4.78, 5) is 12.2. The summed E-state index contributed by atoms with van der Waals surface area (Å²) in [6.07, 6.45) is 1.02. The molecule has 0 aliphatic rings. The number of hydrogen-bond donors (Lipinski definition) is 1. The monoisotopic (exact) mass is 446 g/mol. The van der Waals surface area contributed by atoms with Crippen molar-refractivity contribution in [2.45, 2.75) is 0 Å². The Morgan fingerprint density at radius 1 is 1.14 bits per heavy atom. The summed E-state index contributed by atoms with van der Waals surface area (Å²) in [6.45, 7) is 0.0471. The third-order valence-corrected chi connectivity index (χ3v) is 5.31. The minimum absolute atomic E-state index is 0.211. The lowest BCUT2D eigenvalue weighted by molar-refractivity contribution is -0.119. The number of halogens is 2. The van der Waals surface area contributed by atoms with Crippen molar-refractivity contribution in [3.8, 4) is 11.5 Å². The molecule has 0 aromatic heterocycles. The molecule has 0 spiro atoms. The molecule has 7 nitrogen and oxygen atoms in total. The first kappa shape index (κ1) is 22.1. The quantitative estimate of drug-likeness (QED) is 0.598. The van der Waals surface area contributed by atoms with E-state index in [4.69, 9.17) is 32.7 Å². The number of nitrogens with one attached hydrogen (secondary N) is 1. The zero-order chi connectivity index (χ0) is 20.7. The number of hydrogen-bond acceptors (Lipinski definition) is 5. The topological polar surface area (TPSA) is 84.9 Å². The van der Waals surface area contributed by atoms with Gasteiger partial charge in [0.25, 0.3) is 0 Å². The van der Waals surface area contributed by atoms with Crippen LogP contribution in [0.5, 0.6) is 11.5 Å². The Bertz CT molecular complexity index is 920. The maximum absolute atomic E-state index is 12.2. The molecule has 10 heteroatoms. The van der Waals surface area contributed by atoms with Crippen LogP contribution in [0.1, 0.15) is 0 Å². The first-order valence-electron chi connectivity index (χ1n) is 8.17. The number of carbonyl (C=O) groups excluding carboxylic acids is 1. The minimum atomic E-state index is -3.70. The molecular formula is C18H20Cl2N2O5S. The van der Waals surface area contributed by atoms with E-state index in [-0.39, 0.29) is 30.4 Å². The van der Waals surface area contributed by atoms with Gasteiger partial charge in [0.15, 0.2) is 0 Å². The molecule has 2 aromatic carbocycles. The lowest BCUT2D eigenvalue weighted by atomic mass is 10.3. The van der Waals surface area contributed by atoms with Gasteiger partial charge in [-0.05, 0) is 42.5 Å². The first-order chi connectivity index (χ1) is 13.2. The molecule has 0 bridgehead atoms.